The molecule has 0 amide bonds. The van der Waals surface area contributed by atoms with Crippen LogP contribution in [-0.4, -0.2) is 26.7 Å². The standard InChI is InChI=1S/C21H23F2N3OS/c1-21(2,27)12-6-8-13(9-7-12)25-19-18-16(10-11-24-19)28-20(26-18)17-14(22)4-3-5-15(17)23/h3-5,10-13,27H,6-9H2,1-2H3,(H,24,25). The van der Waals surface area contributed by atoms with E-state index in [-0.39, 0.29) is 11.6 Å². The summed E-state index contributed by atoms with van der Waals surface area (Å²) in [4.78, 5) is 8.91. The van der Waals surface area contributed by atoms with Crippen LogP contribution in [0.4, 0.5) is 14.6 Å². The van der Waals surface area contributed by atoms with Gasteiger partial charge in [-0.1, -0.05) is 6.07 Å². The zero-order chi connectivity index (χ0) is 19.9. The molecule has 0 atom stereocenters. The highest BCUT2D eigenvalue weighted by Crippen LogP contribution is 2.37. The number of halogens is 2. The molecular weight excluding hydrogens is 380 g/mol. The number of hydrogen-bond donors (Lipinski definition) is 2. The van der Waals surface area contributed by atoms with Crippen LogP contribution in [0.3, 0.4) is 0 Å². The maximum absolute atomic E-state index is 14.1. The lowest BCUT2D eigenvalue weighted by Crippen LogP contribution is -2.37. The van der Waals surface area contributed by atoms with E-state index in [9.17, 15) is 13.9 Å². The van der Waals surface area contributed by atoms with E-state index in [0.717, 1.165) is 30.4 Å². The number of anilines is 1. The van der Waals surface area contributed by atoms with E-state index >= 15 is 0 Å². The Morgan fingerprint density at radius 1 is 1.11 bits per heavy atom. The summed E-state index contributed by atoms with van der Waals surface area (Å²) < 4.78 is 29.1. The summed E-state index contributed by atoms with van der Waals surface area (Å²) in [5.41, 5.74) is -0.119. The number of benzene rings is 1. The lowest BCUT2D eigenvalue weighted by atomic mass is 9.77. The molecule has 1 aliphatic carbocycles. The highest BCUT2D eigenvalue weighted by atomic mass is 32.1. The number of thiazole rings is 1. The average Bonchev–Trinajstić information content (AvgIpc) is 3.06. The summed E-state index contributed by atoms with van der Waals surface area (Å²) in [7, 11) is 0. The molecule has 1 fully saturated rings. The second-order valence-electron chi connectivity index (χ2n) is 7.97. The molecule has 2 heterocycles. The molecule has 7 heteroatoms. The highest BCUT2D eigenvalue weighted by Gasteiger charge is 2.31. The maximum Gasteiger partial charge on any atom is 0.153 e. The first kappa shape index (κ1) is 19.2. The van der Waals surface area contributed by atoms with Gasteiger partial charge in [-0.05, 0) is 63.6 Å². The molecule has 0 saturated heterocycles. The van der Waals surface area contributed by atoms with Crippen LogP contribution in [0.5, 0.6) is 0 Å². The Labute approximate surface area is 166 Å². The van der Waals surface area contributed by atoms with Gasteiger partial charge in [0.2, 0.25) is 0 Å². The quantitative estimate of drug-likeness (QED) is 0.614. The number of fused-ring (bicyclic) bond motifs is 1. The van der Waals surface area contributed by atoms with E-state index in [2.05, 4.69) is 15.3 Å². The van der Waals surface area contributed by atoms with E-state index < -0.39 is 17.2 Å². The topological polar surface area (TPSA) is 58.0 Å². The minimum atomic E-state index is -0.656. The summed E-state index contributed by atoms with van der Waals surface area (Å²) in [6.07, 6.45) is 5.45. The van der Waals surface area contributed by atoms with Crippen LogP contribution in [0.2, 0.25) is 0 Å². The molecule has 4 rings (SSSR count). The molecule has 4 nitrogen and oxygen atoms in total. The summed E-state index contributed by atoms with van der Waals surface area (Å²) in [5.74, 6) is -0.300. The summed E-state index contributed by atoms with van der Waals surface area (Å²) in [6.45, 7) is 3.73. The first-order valence-electron chi connectivity index (χ1n) is 9.52. The maximum atomic E-state index is 14.1. The van der Waals surface area contributed by atoms with Gasteiger partial charge in [0.25, 0.3) is 0 Å². The molecule has 2 N–H and O–H groups in total. The second kappa shape index (κ2) is 7.37. The van der Waals surface area contributed by atoms with E-state index in [1.807, 2.05) is 19.9 Å². The number of hydrogen-bond acceptors (Lipinski definition) is 5. The predicted molar refractivity (Wildman–Crippen MR) is 108 cm³/mol. The van der Waals surface area contributed by atoms with Crippen molar-refractivity contribution < 1.29 is 13.9 Å². The second-order valence-corrected chi connectivity index (χ2v) is 9.00. The number of rotatable bonds is 4. The minimum absolute atomic E-state index is 0.0969. The predicted octanol–water partition coefficient (Wildman–Crippen LogP) is 5.38. The van der Waals surface area contributed by atoms with E-state index in [4.69, 9.17) is 0 Å². The number of nitrogens with one attached hydrogen (secondary N) is 1. The number of aromatic nitrogens is 2. The molecule has 0 radical (unpaired) electrons. The van der Waals surface area contributed by atoms with Gasteiger partial charge in [-0.15, -0.1) is 11.3 Å². The number of aliphatic hydroxyl groups is 1. The normalized spacial score (nSPS) is 20.5. The fourth-order valence-electron chi connectivity index (χ4n) is 3.91. The van der Waals surface area contributed by atoms with Gasteiger partial charge >= 0.3 is 0 Å². The van der Waals surface area contributed by atoms with Crippen molar-refractivity contribution in [3.63, 3.8) is 0 Å². The summed E-state index contributed by atoms with van der Waals surface area (Å²) >= 11 is 1.25. The van der Waals surface area contributed by atoms with Crippen molar-refractivity contribution in [3.05, 3.63) is 42.1 Å². The Balaban J connectivity index is 1.59. The van der Waals surface area contributed by atoms with Crippen LogP contribution in [-0.2, 0) is 0 Å². The smallest absolute Gasteiger partial charge is 0.153 e. The van der Waals surface area contributed by atoms with Crippen molar-refractivity contribution in [3.8, 4) is 10.6 Å². The van der Waals surface area contributed by atoms with Crippen LogP contribution < -0.4 is 5.32 Å². The Bertz CT molecular complexity index is 971. The molecule has 3 aromatic rings. The monoisotopic (exact) mass is 403 g/mol. The van der Waals surface area contributed by atoms with Crippen LogP contribution in [0, 0.1) is 17.6 Å². The largest absolute Gasteiger partial charge is 0.390 e. The van der Waals surface area contributed by atoms with Gasteiger partial charge in [0.1, 0.15) is 22.2 Å². The lowest BCUT2D eigenvalue weighted by Gasteiger charge is -2.36. The van der Waals surface area contributed by atoms with Gasteiger partial charge < -0.3 is 10.4 Å². The first-order valence-corrected chi connectivity index (χ1v) is 10.3. The zero-order valence-electron chi connectivity index (χ0n) is 15.9. The Kier molecular flexibility index (Phi) is 5.05. The third kappa shape index (κ3) is 3.73. The van der Waals surface area contributed by atoms with Crippen LogP contribution >= 0.6 is 11.3 Å². The van der Waals surface area contributed by atoms with Crippen LogP contribution in [0.25, 0.3) is 20.8 Å². The third-order valence-corrected chi connectivity index (χ3v) is 6.59. The molecule has 148 valence electrons. The Morgan fingerprint density at radius 3 is 2.43 bits per heavy atom. The fraction of sp³-hybridized carbons (Fsp3) is 0.429. The summed E-state index contributed by atoms with van der Waals surface area (Å²) in [6, 6.07) is 5.88. The molecule has 0 unspecified atom stereocenters. The average molecular weight is 403 g/mol. The fourth-order valence-corrected chi connectivity index (χ4v) is 4.92. The Hall–Kier alpha value is -2.12. The molecular formula is C21H23F2N3OS. The minimum Gasteiger partial charge on any atom is -0.390 e. The first-order chi connectivity index (χ1) is 13.3. The lowest BCUT2D eigenvalue weighted by molar-refractivity contribution is -0.000399. The number of nitrogens with zero attached hydrogens (tertiary/aromatic N) is 2. The summed E-state index contributed by atoms with van der Waals surface area (Å²) in [5, 5.41) is 14.0. The van der Waals surface area contributed by atoms with Crippen molar-refractivity contribution >= 4 is 27.4 Å². The van der Waals surface area contributed by atoms with Crippen molar-refractivity contribution in [1.29, 1.82) is 0 Å². The van der Waals surface area contributed by atoms with Gasteiger partial charge in [-0.25, -0.2) is 18.7 Å². The molecule has 0 spiro atoms. The van der Waals surface area contributed by atoms with Crippen molar-refractivity contribution in [2.75, 3.05) is 5.32 Å². The third-order valence-electron chi connectivity index (χ3n) is 5.55. The zero-order valence-corrected chi connectivity index (χ0v) is 16.7. The van der Waals surface area contributed by atoms with E-state index in [1.54, 1.807) is 6.20 Å². The molecule has 28 heavy (non-hydrogen) atoms. The van der Waals surface area contributed by atoms with E-state index in [1.165, 1.54) is 29.5 Å². The molecule has 2 aromatic heterocycles. The van der Waals surface area contributed by atoms with Gasteiger partial charge in [-0.2, -0.15) is 0 Å². The molecule has 1 aliphatic rings. The van der Waals surface area contributed by atoms with Gasteiger partial charge in [0, 0.05) is 12.2 Å². The molecule has 1 saturated carbocycles. The number of pyridine rings is 1. The van der Waals surface area contributed by atoms with Gasteiger partial charge in [0.15, 0.2) is 5.82 Å². The van der Waals surface area contributed by atoms with Crippen molar-refractivity contribution in [2.45, 2.75) is 51.2 Å². The van der Waals surface area contributed by atoms with Crippen molar-refractivity contribution in [1.82, 2.24) is 9.97 Å². The SMILES string of the molecule is CC(C)(O)C1CCC(Nc2nccc3sc(-c4c(F)cccc4F)nc23)CC1. The van der Waals surface area contributed by atoms with Crippen molar-refractivity contribution in [2.24, 2.45) is 5.92 Å². The van der Waals surface area contributed by atoms with Gasteiger partial charge in [0.05, 0.1) is 15.9 Å². The van der Waals surface area contributed by atoms with Crippen LogP contribution in [0.1, 0.15) is 39.5 Å². The Morgan fingerprint density at radius 2 is 1.79 bits per heavy atom. The molecule has 1 aromatic carbocycles. The van der Waals surface area contributed by atoms with Crippen LogP contribution in [0.15, 0.2) is 30.5 Å². The van der Waals surface area contributed by atoms with E-state index in [0.29, 0.717) is 22.3 Å². The molecule has 0 bridgehead atoms. The molecule has 0 aliphatic heterocycles. The highest BCUT2D eigenvalue weighted by molar-refractivity contribution is 7.21. The van der Waals surface area contributed by atoms with Gasteiger partial charge in [-0.3, -0.25) is 0 Å².